The van der Waals surface area contributed by atoms with Crippen LogP contribution in [0.1, 0.15) is 18.1 Å². The van der Waals surface area contributed by atoms with Gasteiger partial charge in [0.05, 0.1) is 22.3 Å². The van der Waals surface area contributed by atoms with Crippen LogP contribution >= 0.6 is 11.6 Å². The smallest absolute Gasteiger partial charge is 0.222 e. The minimum Gasteiger partial charge on any atom is -0.360 e. The minimum absolute atomic E-state index is 0.00578. The Morgan fingerprint density at radius 1 is 1.48 bits per heavy atom. The van der Waals surface area contributed by atoms with Crippen LogP contribution in [0.4, 0.5) is 0 Å². The Morgan fingerprint density at radius 3 is 2.88 bits per heavy atom. The summed E-state index contributed by atoms with van der Waals surface area (Å²) in [5.74, 6) is 0. The molecule has 0 aliphatic rings. The quantitative estimate of drug-likeness (QED) is 0.538. The van der Waals surface area contributed by atoms with Gasteiger partial charge in [-0.1, -0.05) is 17.7 Å². The highest BCUT2D eigenvalue weighted by Gasteiger charge is 2.24. The van der Waals surface area contributed by atoms with Gasteiger partial charge in [0.15, 0.2) is 0 Å². The van der Waals surface area contributed by atoms with E-state index in [9.17, 15) is 8.42 Å². The number of halogens is 1. The van der Waals surface area contributed by atoms with Gasteiger partial charge in [-0.25, -0.2) is 8.42 Å². The van der Waals surface area contributed by atoms with Gasteiger partial charge < -0.3 is 4.98 Å². The molecular weight excluding hydrogens is 362 g/mol. The number of sulfone groups is 1. The first-order chi connectivity index (χ1) is 11.9. The number of H-pyrrole nitrogens is 1. The van der Waals surface area contributed by atoms with E-state index in [2.05, 4.69) is 10.1 Å². The van der Waals surface area contributed by atoms with E-state index >= 15 is 0 Å². The van der Waals surface area contributed by atoms with Gasteiger partial charge in [0, 0.05) is 30.7 Å². The Bertz CT molecular complexity index is 1120. The zero-order chi connectivity index (χ0) is 18.2. The molecule has 3 rings (SSSR count). The third kappa shape index (κ3) is 2.92. The molecule has 3 aromatic rings. The number of nitriles is 1. The molecule has 2 heterocycles. The molecule has 0 saturated carbocycles. The molecule has 0 aliphatic carbocycles. The lowest BCUT2D eigenvalue weighted by molar-refractivity contribution is 0.605. The van der Waals surface area contributed by atoms with Crippen LogP contribution in [0.5, 0.6) is 0 Å². The van der Waals surface area contributed by atoms with Crippen molar-refractivity contribution >= 4 is 37.4 Å². The molecular formula is C16H14ClN5O2S. The van der Waals surface area contributed by atoms with Gasteiger partial charge in [0.25, 0.3) is 0 Å². The lowest BCUT2D eigenvalue weighted by Crippen LogP contribution is -2.16. The van der Waals surface area contributed by atoms with Gasteiger partial charge in [-0.3, -0.25) is 10.1 Å². The molecule has 0 spiro atoms. The Balaban J connectivity index is 1.99. The second-order valence-corrected chi connectivity index (χ2v) is 7.78. The molecule has 7 nitrogen and oxygen atoms in total. The number of fused-ring (bicyclic) bond motifs is 1. The zero-order valence-electron chi connectivity index (χ0n) is 13.2. The van der Waals surface area contributed by atoms with Crippen molar-refractivity contribution in [3.63, 3.8) is 0 Å². The van der Waals surface area contributed by atoms with E-state index in [1.807, 2.05) is 13.0 Å². The zero-order valence-corrected chi connectivity index (χ0v) is 14.8. The number of nitrogens with one attached hydrogen (secondary N) is 2. The van der Waals surface area contributed by atoms with Crippen molar-refractivity contribution in [2.75, 3.05) is 0 Å². The monoisotopic (exact) mass is 375 g/mol. The van der Waals surface area contributed by atoms with Gasteiger partial charge in [-0.05, 0) is 18.6 Å². The first-order valence-electron chi connectivity index (χ1n) is 7.42. The minimum atomic E-state index is -3.92. The molecule has 0 amide bonds. The van der Waals surface area contributed by atoms with Gasteiger partial charge >= 0.3 is 0 Å². The SMILES string of the molecule is CCn1cc(S(=O)(=O)C(=N)Cc2ccc(Cl)c3c(C#N)c[nH]c23)cn1. The van der Waals surface area contributed by atoms with Crippen molar-refractivity contribution < 1.29 is 8.42 Å². The molecule has 0 radical (unpaired) electrons. The maximum absolute atomic E-state index is 12.6. The summed E-state index contributed by atoms with van der Waals surface area (Å²) in [6, 6.07) is 5.29. The van der Waals surface area contributed by atoms with E-state index in [1.54, 1.807) is 12.1 Å². The first kappa shape index (κ1) is 17.2. The molecule has 0 aliphatic heterocycles. The maximum atomic E-state index is 12.6. The predicted octanol–water partition coefficient (Wildman–Crippen LogP) is 2.90. The van der Waals surface area contributed by atoms with E-state index in [4.69, 9.17) is 22.3 Å². The molecule has 0 unspecified atom stereocenters. The Labute approximate surface area is 149 Å². The van der Waals surface area contributed by atoms with Gasteiger partial charge in [-0.15, -0.1) is 0 Å². The van der Waals surface area contributed by atoms with Crippen LogP contribution < -0.4 is 0 Å². The second-order valence-electron chi connectivity index (χ2n) is 5.41. The lowest BCUT2D eigenvalue weighted by atomic mass is 10.1. The summed E-state index contributed by atoms with van der Waals surface area (Å²) in [5, 5.41) is 21.7. The number of rotatable bonds is 4. The summed E-state index contributed by atoms with van der Waals surface area (Å²) in [5.41, 5.74) is 1.52. The van der Waals surface area contributed by atoms with Crippen LogP contribution in [0, 0.1) is 16.7 Å². The number of hydrogen-bond acceptors (Lipinski definition) is 5. The number of aromatic amines is 1. The number of aryl methyl sites for hydroxylation is 1. The topological polar surface area (TPSA) is 115 Å². The molecule has 25 heavy (non-hydrogen) atoms. The third-order valence-electron chi connectivity index (χ3n) is 3.91. The molecule has 2 aromatic heterocycles. The predicted molar refractivity (Wildman–Crippen MR) is 94.5 cm³/mol. The van der Waals surface area contributed by atoms with Crippen molar-refractivity contribution in [3.8, 4) is 6.07 Å². The van der Waals surface area contributed by atoms with Crippen molar-refractivity contribution in [2.24, 2.45) is 0 Å². The summed E-state index contributed by atoms with van der Waals surface area (Å²) in [6.45, 7) is 2.39. The summed E-state index contributed by atoms with van der Waals surface area (Å²) in [7, 11) is -3.92. The number of benzene rings is 1. The van der Waals surface area contributed by atoms with Gasteiger partial charge in [-0.2, -0.15) is 10.4 Å². The number of nitrogens with zero attached hydrogens (tertiary/aromatic N) is 3. The van der Waals surface area contributed by atoms with Crippen LogP contribution in [0.3, 0.4) is 0 Å². The molecule has 9 heteroatoms. The summed E-state index contributed by atoms with van der Waals surface area (Å²) >= 11 is 6.14. The van der Waals surface area contributed by atoms with E-state index in [1.165, 1.54) is 23.3 Å². The fraction of sp³-hybridized carbons (Fsp3) is 0.188. The Hall–Kier alpha value is -2.63. The van der Waals surface area contributed by atoms with Crippen LogP contribution in [0.25, 0.3) is 10.9 Å². The highest BCUT2D eigenvalue weighted by molar-refractivity contribution is 8.06. The van der Waals surface area contributed by atoms with E-state index in [-0.39, 0.29) is 11.3 Å². The molecule has 128 valence electrons. The number of aromatic nitrogens is 3. The van der Waals surface area contributed by atoms with Crippen molar-refractivity contribution in [2.45, 2.75) is 24.8 Å². The van der Waals surface area contributed by atoms with Crippen LogP contribution in [-0.4, -0.2) is 28.2 Å². The molecule has 2 N–H and O–H groups in total. The van der Waals surface area contributed by atoms with Crippen molar-refractivity contribution in [3.05, 3.63) is 46.9 Å². The fourth-order valence-electron chi connectivity index (χ4n) is 2.57. The van der Waals surface area contributed by atoms with Crippen molar-refractivity contribution in [1.29, 1.82) is 10.7 Å². The fourth-order valence-corrected chi connectivity index (χ4v) is 3.90. The van der Waals surface area contributed by atoms with Gasteiger partial charge in [0.2, 0.25) is 9.84 Å². The highest BCUT2D eigenvalue weighted by atomic mass is 35.5. The molecule has 0 saturated heterocycles. The highest BCUT2D eigenvalue weighted by Crippen LogP contribution is 2.30. The standard InChI is InChI=1S/C16H14ClN5O2S/c1-2-22-9-12(8-21-22)25(23,24)14(19)5-10-3-4-13(17)15-11(6-18)7-20-16(10)15/h3-4,7-9,19-20H,2,5H2,1H3. The first-order valence-corrected chi connectivity index (χ1v) is 9.28. The van der Waals surface area contributed by atoms with Crippen molar-refractivity contribution in [1.82, 2.24) is 14.8 Å². The molecule has 1 aromatic carbocycles. The lowest BCUT2D eigenvalue weighted by Gasteiger charge is -2.07. The second kappa shape index (κ2) is 6.35. The van der Waals surface area contributed by atoms with Gasteiger partial charge in [0.1, 0.15) is 16.0 Å². The number of hydrogen-bond donors (Lipinski definition) is 2. The summed E-state index contributed by atoms with van der Waals surface area (Å²) in [4.78, 5) is 2.94. The molecule has 0 atom stereocenters. The van der Waals surface area contributed by atoms with E-state index in [0.29, 0.717) is 33.6 Å². The third-order valence-corrected chi connectivity index (χ3v) is 5.85. The maximum Gasteiger partial charge on any atom is 0.222 e. The Morgan fingerprint density at radius 2 is 2.24 bits per heavy atom. The molecule has 0 fully saturated rings. The summed E-state index contributed by atoms with van der Waals surface area (Å²) < 4.78 is 26.6. The van der Waals surface area contributed by atoms with Crippen LogP contribution in [0.2, 0.25) is 5.02 Å². The van der Waals surface area contributed by atoms with E-state index in [0.717, 1.165) is 0 Å². The molecule has 0 bridgehead atoms. The average molecular weight is 376 g/mol. The normalized spacial score (nSPS) is 11.6. The Kier molecular flexibility index (Phi) is 4.37. The average Bonchev–Trinajstić information content (AvgIpc) is 3.24. The largest absolute Gasteiger partial charge is 0.360 e. The summed E-state index contributed by atoms with van der Waals surface area (Å²) in [6.07, 6.45) is 4.05. The van der Waals surface area contributed by atoms with E-state index < -0.39 is 14.9 Å². The van der Waals surface area contributed by atoms with Crippen LogP contribution in [-0.2, 0) is 22.8 Å². The van der Waals surface area contributed by atoms with Crippen LogP contribution in [0.15, 0.2) is 35.6 Å².